The summed E-state index contributed by atoms with van der Waals surface area (Å²) in [6, 6.07) is 0. The fourth-order valence-corrected chi connectivity index (χ4v) is 2.77. The summed E-state index contributed by atoms with van der Waals surface area (Å²) < 4.78 is 24.7. The highest BCUT2D eigenvalue weighted by Crippen LogP contribution is 2.35. The molecule has 1 saturated carbocycles. The van der Waals surface area contributed by atoms with Crippen molar-refractivity contribution >= 4 is 21.6 Å². The van der Waals surface area contributed by atoms with E-state index >= 15 is 0 Å². The lowest BCUT2D eigenvalue weighted by Gasteiger charge is -2.13. The topological polar surface area (TPSA) is 66.4 Å². The lowest BCUT2D eigenvalue weighted by Crippen LogP contribution is -2.41. The molecule has 0 heterocycles. The van der Waals surface area contributed by atoms with Crippen LogP contribution in [0.5, 0.6) is 0 Å². The molecule has 0 aliphatic heterocycles. The summed E-state index contributed by atoms with van der Waals surface area (Å²) in [5.41, 5.74) is -0.565. The van der Waals surface area contributed by atoms with E-state index in [-0.39, 0.29) is 18.2 Å². The highest BCUT2D eigenvalue weighted by molar-refractivity contribution is 7.89. The second-order valence-corrected chi connectivity index (χ2v) is 5.27. The Hall–Kier alpha value is 0.160. The summed E-state index contributed by atoms with van der Waals surface area (Å²) in [5, 5.41) is 8.83. The Kier molecular flexibility index (Phi) is 2.98. The first-order chi connectivity index (χ1) is 5.54. The van der Waals surface area contributed by atoms with E-state index in [1.165, 1.54) is 0 Å². The lowest BCUT2D eigenvalue weighted by atomic mass is 10.3. The van der Waals surface area contributed by atoms with Crippen molar-refractivity contribution in [2.75, 3.05) is 18.2 Å². The largest absolute Gasteiger partial charge is 0.394 e. The summed E-state index contributed by atoms with van der Waals surface area (Å²) >= 11 is 5.30. The molecule has 0 spiro atoms. The monoisotopic (exact) mass is 213 g/mol. The van der Waals surface area contributed by atoms with E-state index < -0.39 is 15.6 Å². The first kappa shape index (κ1) is 10.2. The molecule has 0 bridgehead atoms. The molecular formula is C6H12ClNO3S. The van der Waals surface area contributed by atoms with Gasteiger partial charge in [0.05, 0.1) is 17.9 Å². The van der Waals surface area contributed by atoms with Gasteiger partial charge in [-0.1, -0.05) is 0 Å². The molecule has 0 radical (unpaired) electrons. The number of hydrogen-bond donors (Lipinski definition) is 2. The summed E-state index contributed by atoms with van der Waals surface area (Å²) in [4.78, 5) is 0. The van der Waals surface area contributed by atoms with Crippen LogP contribution in [0.4, 0.5) is 0 Å². The van der Waals surface area contributed by atoms with Gasteiger partial charge in [-0.3, -0.25) is 0 Å². The molecule has 1 rings (SSSR count). The zero-order chi connectivity index (χ0) is 9.24. The third kappa shape index (κ3) is 2.58. The fourth-order valence-electron chi connectivity index (χ4n) is 0.926. The molecule has 0 amide bonds. The molecule has 0 aromatic rings. The van der Waals surface area contributed by atoms with Crippen LogP contribution in [0.3, 0.4) is 0 Å². The minimum absolute atomic E-state index is 0.0802. The minimum Gasteiger partial charge on any atom is -0.394 e. The number of alkyl halides is 1. The molecular weight excluding hydrogens is 202 g/mol. The minimum atomic E-state index is -3.28. The number of hydrogen-bond acceptors (Lipinski definition) is 3. The predicted molar refractivity (Wildman–Crippen MR) is 46.7 cm³/mol. The highest BCUT2D eigenvalue weighted by atomic mass is 35.5. The van der Waals surface area contributed by atoms with Crippen molar-refractivity contribution in [1.29, 1.82) is 0 Å². The molecule has 72 valence electrons. The van der Waals surface area contributed by atoms with E-state index in [9.17, 15) is 8.42 Å². The van der Waals surface area contributed by atoms with Crippen molar-refractivity contribution in [1.82, 2.24) is 4.72 Å². The van der Waals surface area contributed by atoms with Crippen LogP contribution in [0.2, 0.25) is 0 Å². The third-order valence-electron chi connectivity index (χ3n) is 1.87. The zero-order valence-electron chi connectivity index (χ0n) is 6.59. The molecule has 0 saturated heterocycles. The van der Waals surface area contributed by atoms with E-state index in [1.807, 2.05) is 0 Å². The van der Waals surface area contributed by atoms with Crippen molar-refractivity contribution in [2.24, 2.45) is 0 Å². The Morgan fingerprint density at radius 3 is 2.42 bits per heavy atom. The maximum absolute atomic E-state index is 11.1. The number of sulfonamides is 1. The van der Waals surface area contributed by atoms with Gasteiger partial charge in [-0.2, -0.15) is 0 Å². The van der Waals surface area contributed by atoms with Crippen LogP contribution in [-0.2, 0) is 10.0 Å². The first-order valence-corrected chi connectivity index (χ1v) is 5.91. The average Bonchev–Trinajstić information content (AvgIpc) is 2.68. The number of nitrogens with one attached hydrogen (secondary N) is 1. The quantitative estimate of drug-likeness (QED) is 0.615. The van der Waals surface area contributed by atoms with Gasteiger partial charge in [0.2, 0.25) is 10.0 Å². The van der Waals surface area contributed by atoms with E-state index in [0.717, 1.165) is 0 Å². The van der Waals surface area contributed by atoms with Gasteiger partial charge in [0.25, 0.3) is 0 Å². The molecule has 0 atom stereocenters. The predicted octanol–water partition coefficient (Wildman–Crippen LogP) is -0.331. The summed E-state index contributed by atoms with van der Waals surface area (Å²) in [6.45, 7) is -0.130. The van der Waals surface area contributed by atoms with Crippen LogP contribution < -0.4 is 4.72 Å². The molecule has 2 N–H and O–H groups in total. The van der Waals surface area contributed by atoms with Crippen LogP contribution in [0.1, 0.15) is 12.8 Å². The molecule has 1 fully saturated rings. The van der Waals surface area contributed by atoms with Crippen molar-refractivity contribution in [2.45, 2.75) is 18.4 Å². The number of aliphatic hydroxyl groups is 1. The third-order valence-corrected chi connectivity index (χ3v) is 3.77. The van der Waals surface area contributed by atoms with Crippen molar-refractivity contribution in [3.8, 4) is 0 Å². The Bertz CT molecular complexity index is 248. The second-order valence-electron chi connectivity index (χ2n) is 3.05. The Morgan fingerprint density at radius 1 is 1.50 bits per heavy atom. The van der Waals surface area contributed by atoms with Crippen LogP contribution in [0.15, 0.2) is 0 Å². The maximum atomic E-state index is 11.1. The lowest BCUT2D eigenvalue weighted by molar-refractivity contribution is 0.246. The van der Waals surface area contributed by atoms with Gasteiger partial charge in [-0.15, -0.1) is 11.6 Å². The SMILES string of the molecule is O=S(=O)(CCCl)NC1(CO)CC1. The van der Waals surface area contributed by atoms with Gasteiger partial charge < -0.3 is 5.11 Å². The molecule has 1 aliphatic carbocycles. The summed E-state index contributed by atoms with van der Waals surface area (Å²) in [7, 11) is -3.28. The molecule has 4 nitrogen and oxygen atoms in total. The second kappa shape index (κ2) is 3.49. The van der Waals surface area contributed by atoms with Crippen molar-refractivity contribution < 1.29 is 13.5 Å². The van der Waals surface area contributed by atoms with E-state index in [2.05, 4.69) is 4.72 Å². The smallest absolute Gasteiger partial charge is 0.213 e. The van der Waals surface area contributed by atoms with Crippen molar-refractivity contribution in [3.63, 3.8) is 0 Å². The molecule has 12 heavy (non-hydrogen) atoms. The van der Waals surface area contributed by atoms with E-state index in [0.29, 0.717) is 12.8 Å². The fraction of sp³-hybridized carbons (Fsp3) is 1.00. The number of halogens is 1. The molecule has 0 aromatic heterocycles. The van der Waals surface area contributed by atoms with Gasteiger partial charge in [0, 0.05) is 5.88 Å². The molecule has 1 aliphatic rings. The average molecular weight is 214 g/mol. The highest BCUT2D eigenvalue weighted by Gasteiger charge is 2.44. The molecule has 6 heteroatoms. The Labute approximate surface area is 77.0 Å². The zero-order valence-corrected chi connectivity index (χ0v) is 8.16. The Balaban J connectivity index is 2.50. The van der Waals surface area contributed by atoms with Crippen LogP contribution in [0, 0.1) is 0 Å². The van der Waals surface area contributed by atoms with Crippen LogP contribution in [0.25, 0.3) is 0 Å². The normalized spacial score (nSPS) is 20.8. The van der Waals surface area contributed by atoms with Gasteiger partial charge in [-0.05, 0) is 12.8 Å². The van der Waals surface area contributed by atoms with Crippen LogP contribution >= 0.6 is 11.6 Å². The number of rotatable bonds is 5. The molecule has 0 aromatic carbocycles. The van der Waals surface area contributed by atoms with E-state index in [4.69, 9.17) is 16.7 Å². The summed E-state index contributed by atoms with van der Waals surface area (Å²) in [6.07, 6.45) is 1.43. The van der Waals surface area contributed by atoms with Crippen LogP contribution in [-0.4, -0.2) is 37.3 Å². The van der Waals surface area contributed by atoms with Gasteiger partial charge >= 0.3 is 0 Å². The first-order valence-electron chi connectivity index (χ1n) is 3.72. The number of aliphatic hydroxyl groups excluding tert-OH is 1. The van der Waals surface area contributed by atoms with Crippen molar-refractivity contribution in [3.05, 3.63) is 0 Å². The van der Waals surface area contributed by atoms with Gasteiger partial charge in [0.1, 0.15) is 0 Å². The van der Waals surface area contributed by atoms with E-state index in [1.54, 1.807) is 0 Å². The maximum Gasteiger partial charge on any atom is 0.213 e. The molecule has 0 unspecified atom stereocenters. The Morgan fingerprint density at radius 2 is 2.08 bits per heavy atom. The summed E-state index contributed by atoms with van der Waals surface area (Å²) in [5.74, 6) is -0.00680. The van der Waals surface area contributed by atoms with Gasteiger partial charge in [0.15, 0.2) is 0 Å². The van der Waals surface area contributed by atoms with Gasteiger partial charge in [-0.25, -0.2) is 13.1 Å². The standard InChI is InChI=1S/C6H12ClNO3S/c7-3-4-12(10,11)8-6(5-9)1-2-6/h8-9H,1-5H2.